The first kappa shape index (κ1) is 22.8. The van der Waals surface area contributed by atoms with Gasteiger partial charge in [0.2, 0.25) is 5.89 Å². The largest absolute Gasteiger partial charge is 0.444 e. The number of aryl methyl sites for hydroxylation is 2. The molecule has 2 N–H and O–H groups in total. The average Bonchev–Trinajstić information content (AvgIpc) is 3.51. The number of nitrogens with zero attached hydrogens (tertiary/aromatic N) is 3. The van der Waals surface area contributed by atoms with Crippen molar-refractivity contribution in [2.45, 2.75) is 58.4 Å². The Hall–Kier alpha value is -2.41. The summed E-state index contributed by atoms with van der Waals surface area (Å²) >= 11 is 0. The fourth-order valence-corrected chi connectivity index (χ4v) is 4.47. The van der Waals surface area contributed by atoms with Crippen molar-refractivity contribution in [1.29, 1.82) is 0 Å². The lowest BCUT2D eigenvalue weighted by Crippen LogP contribution is -2.43. The molecule has 0 radical (unpaired) electrons. The van der Waals surface area contributed by atoms with Crippen LogP contribution in [0, 0.1) is 25.6 Å². The predicted molar refractivity (Wildman–Crippen MR) is 125 cm³/mol. The molecule has 1 aliphatic heterocycles. The molecule has 2 aliphatic rings. The normalized spacial score (nSPS) is 19.2. The number of benzene rings is 1. The van der Waals surface area contributed by atoms with Crippen molar-refractivity contribution >= 4 is 5.96 Å². The van der Waals surface area contributed by atoms with Crippen molar-refractivity contribution in [3.63, 3.8) is 0 Å². The molecule has 4 rings (SSSR count). The lowest BCUT2D eigenvalue weighted by Gasteiger charge is -2.31. The quantitative estimate of drug-likeness (QED) is 0.480. The molecule has 1 saturated heterocycles. The number of guanidine groups is 1. The van der Waals surface area contributed by atoms with E-state index in [1.165, 1.54) is 6.07 Å². The van der Waals surface area contributed by atoms with Gasteiger partial charge >= 0.3 is 0 Å². The molecule has 6 nitrogen and oxygen atoms in total. The summed E-state index contributed by atoms with van der Waals surface area (Å²) in [4.78, 5) is 11.8. The van der Waals surface area contributed by atoms with Crippen molar-refractivity contribution in [3.05, 3.63) is 53.0 Å². The van der Waals surface area contributed by atoms with Gasteiger partial charge in [0, 0.05) is 18.5 Å². The van der Waals surface area contributed by atoms with Crippen LogP contribution in [-0.4, -0.2) is 48.6 Å². The van der Waals surface area contributed by atoms with Gasteiger partial charge in [0.15, 0.2) is 5.96 Å². The molecular formula is C25H36FN5O. The first-order valence-corrected chi connectivity index (χ1v) is 11.9. The molecule has 1 aromatic carbocycles. The molecule has 1 aliphatic carbocycles. The maximum absolute atomic E-state index is 13.7. The molecule has 174 valence electrons. The molecule has 2 heterocycles. The van der Waals surface area contributed by atoms with Crippen LogP contribution in [0.25, 0.3) is 0 Å². The van der Waals surface area contributed by atoms with Crippen LogP contribution in [0.15, 0.2) is 33.7 Å². The molecule has 0 bridgehead atoms. The summed E-state index contributed by atoms with van der Waals surface area (Å²) in [5.74, 6) is 3.07. The van der Waals surface area contributed by atoms with Crippen LogP contribution in [0.5, 0.6) is 0 Å². The maximum Gasteiger partial charge on any atom is 0.208 e. The fourth-order valence-electron chi connectivity index (χ4n) is 4.47. The predicted octanol–water partition coefficient (Wildman–Crippen LogP) is 3.93. The second-order valence-electron chi connectivity index (χ2n) is 9.34. The Labute approximate surface area is 190 Å². The zero-order valence-corrected chi connectivity index (χ0v) is 19.6. The molecule has 7 heteroatoms. The first-order valence-electron chi connectivity index (χ1n) is 11.9. The highest BCUT2D eigenvalue weighted by Gasteiger charge is 2.44. The van der Waals surface area contributed by atoms with E-state index in [9.17, 15) is 4.39 Å². The molecule has 0 unspecified atom stereocenters. The summed E-state index contributed by atoms with van der Waals surface area (Å²) in [5.41, 5.74) is 2.06. The first-order chi connectivity index (χ1) is 15.5. The molecule has 1 saturated carbocycles. The van der Waals surface area contributed by atoms with Gasteiger partial charge in [0.05, 0.1) is 18.8 Å². The third-order valence-corrected chi connectivity index (χ3v) is 6.87. The van der Waals surface area contributed by atoms with Gasteiger partial charge in [0.1, 0.15) is 11.6 Å². The van der Waals surface area contributed by atoms with Gasteiger partial charge in [0.25, 0.3) is 0 Å². The van der Waals surface area contributed by atoms with Crippen LogP contribution in [0.3, 0.4) is 0 Å². The van der Waals surface area contributed by atoms with E-state index < -0.39 is 0 Å². The Kier molecular flexibility index (Phi) is 7.13. The van der Waals surface area contributed by atoms with Gasteiger partial charge in [-0.25, -0.2) is 9.37 Å². The average molecular weight is 442 g/mol. The lowest BCUT2D eigenvalue weighted by atomic mass is 9.96. The topological polar surface area (TPSA) is 65.7 Å². The van der Waals surface area contributed by atoms with Gasteiger partial charge in [-0.15, -0.1) is 0 Å². The third kappa shape index (κ3) is 5.68. The van der Waals surface area contributed by atoms with E-state index in [0.717, 1.165) is 87.3 Å². The van der Waals surface area contributed by atoms with E-state index in [1.807, 2.05) is 19.9 Å². The van der Waals surface area contributed by atoms with Crippen molar-refractivity contribution in [1.82, 2.24) is 20.5 Å². The number of oxazole rings is 1. The highest BCUT2D eigenvalue weighted by Crippen LogP contribution is 2.48. The third-order valence-electron chi connectivity index (χ3n) is 6.87. The molecular weight excluding hydrogens is 405 g/mol. The summed E-state index contributed by atoms with van der Waals surface area (Å²) in [5, 5.41) is 6.91. The van der Waals surface area contributed by atoms with E-state index in [1.54, 1.807) is 12.1 Å². The van der Waals surface area contributed by atoms with E-state index in [-0.39, 0.29) is 11.2 Å². The van der Waals surface area contributed by atoms with Crippen molar-refractivity contribution in [3.8, 4) is 0 Å². The van der Waals surface area contributed by atoms with Gasteiger partial charge in [-0.05, 0) is 83.2 Å². The lowest BCUT2D eigenvalue weighted by molar-refractivity contribution is 0.164. The number of piperidine rings is 1. The number of rotatable bonds is 8. The Morgan fingerprint density at radius 2 is 2.03 bits per heavy atom. The SMILES string of the molecule is CCNC(=NCC1(c2cccc(F)c2)CC1)NCC1CCN(Cc2nc(C)c(C)o2)CC1. The molecule has 32 heavy (non-hydrogen) atoms. The highest BCUT2D eigenvalue weighted by molar-refractivity contribution is 5.79. The molecule has 2 aromatic rings. The number of nitrogens with one attached hydrogen (secondary N) is 2. The fraction of sp³-hybridized carbons (Fsp3) is 0.600. The number of hydrogen-bond donors (Lipinski definition) is 2. The van der Waals surface area contributed by atoms with E-state index in [0.29, 0.717) is 12.5 Å². The standard InChI is InChI=1S/C25H36FN5O/c1-4-27-24(29-17-25(10-11-25)21-6-5-7-22(26)14-21)28-15-20-8-12-31(13-9-20)16-23-30-18(2)19(3)32-23/h5-7,14,20H,4,8-13,15-17H2,1-3H3,(H2,27,28,29). The minimum Gasteiger partial charge on any atom is -0.444 e. The Morgan fingerprint density at radius 1 is 1.25 bits per heavy atom. The van der Waals surface area contributed by atoms with Gasteiger partial charge < -0.3 is 15.1 Å². The van der Waals surface area contributed by atoms with Crippen molar-refractivity contribution in [2.24, 2.45) is 10.9 Å². The number of aromatic nitrogens is 1. The van der Waals surface area contributed by atoms with E-state index in [4.69, 9.17) is 9.41 Å². The second kappa shape index (κ2) is 10.0. The molecule has 0 atom stereocenters. The van der Waals surface area contributed by atoms with Crippen LogP contribution >= 0.6 is 0 Å². The zero-order chi connectivity index (χ0) is 22.6. The van der Waals surface area contributed by atoms with Gasteiger partial charge in [-0.1, -0.05) is 12.1 Å². The van der Waals surface area contributed by atoms with Crippen molar-refractivity contribution in [2.75, 3.05) is 32.7 Å². The Balaban J connectivity index is 1.25. The van der Waals surface area contributed by atoms with Crippen LogP contribution < -0.4 is 10.6 Å². The van der Waals surface area contributed by atoms with E-state index >= 15 is 0 Å². The summed E-state index contributed by atoms with van der Waals surface area (Å²) < 4.78 is 19.4. The van der Waals surface area contributed by atoms with E-state index in [2.05, 4.69) is 27.4 Å². The van der Waals surface area contributed by atoms with Gasteiger partial charge in [-0.3, -0.25) is 9.89 Å². The molecule has 2 fully saturated rings. The smallest absolute Gasteiger partial charge is 0.208 e. The van der Waals surface area contributed by atoms with Crippen molar-refractivity contribution < 1.29 is 8.81 Å². The number of halogens is 1. The molecule has 0 amide bonds. The monoisotopic (exact) mass is 441 g/mol. The number of likely N-dealkylation sites (tertiary alicyclic amines) is 1. The Bertz CT molecular complexity index is 909. The van der Waals surface area contributed by atoms with Crippen LogP contribution in [0.1, 0.15) is 55.5 Å². The van der Waals surface area contributed by atoms with Gasteiger partial charge in [-0.2, -0.15) is 0 Å². The number of aliphatic imine (C=N–C) groups is 1. The summed E-state index contributed by atoms with van der Waals surface area (Å²) in [7, 11) is 0. The maximum atomic E-state index is 13.7. The van der Waals surface area contributed by atoms with Crippen LogP contribution in [0.2, 0.25) is 0 Å². The second-order valence-corrected chi connectivity index (χ2v) is 9.34. The number of hydrogen-bond acceptors (Lipinski definition) is 4. The summed E-state index contributed by atoms with van der Waals surface area (Å²) in [6.07, 6.45) is 4.44. The summed E-state index contributed by atoms with van der Waals surface area (Å²) in [6, 6.07) is 7.00. The Morgan fingerprint density at radius 3 is 2.66 bits per heavy atom. The summed E-state index contributed by atoms with van der Waals surface area (Å²) in [6.45, 7) is 11.4. The molecule has 0 spiro atoms. The molecule has 1 aromatic heterocycles. The minimum atomic E-state index is -0.165. The zero-order valence-electron chi connectivity index (χ0n) is 19.6. The van der Waals surface area contributed by atoms with Crippen LogP contribution in [0.4, 0.5) is 4.39 Å². The van der Waals surface area contributed by atoms with Crippen LogP contribution in [-0.2, 0) is 12.0 Å². The minimum absolute atomic E-state index is 0.00634. The highest BCUT2D eigenvalue weighted by atomic mass is 19.1.